The summed E-state index contributed by atoms with van der Waals surface area (Å²) >= 11 is 6.39. The van der Waals surface area contributed by atoms with Crippen molar-refractivity contribution >= 4 is 34.2 Å². The number of hydrazone groups is 1. The highest BCUT2D eigenvalue weighted by atomic mass is 35.5. The number of halogens is 1. The molecular weight excluding hydrogens is 508 g/mol. The molecule has 39 heavy (non-hydrogen) atoms. The first kappa shape index (κ1) is 24.9. The van der Waals surface area contributed by atoms with Gasteiger partial charge in [0.05, 0.1) is 37.2 Å². The minimum absolute atomic E-state index is 0.209. The average molecular weight is 535 g/mol. The standard InChI is InChI=1S/C32H27ClN4O2/c1-20-9-11-21(12-10-20)28-19-29(26-18-24(38-2)14-16-30(26)39-3)37(36-28)32-34-27-15-13-23(33)17-25(27)31(35-32)22-7-5-4-6-8-22/h4-18,29H,19H2,1-3H3/t29-/m0/s1. The first-order chi connectivity index (χ1) is 19.0. The Bertz CT molecular complexity index is 1690. The fraction of sp³-hybridized carbons (Fsp3) is 0.156. The van der Waals surface area contributed by atoms with Crippen LogP contribution in [0.15, 0.2) is 96.1 Å². The Morgan fingerprint density at radius 2 is 1.62 bits per heavy atom. The maximum atomic E-state index is 6.39. The van der Waals surface area contributed by atoms with Gasteiger partial charge < -0.3 is 9.47 Å². The van der Waals surface area contributed by atoms with Gasteiger partial charge in [-0.25, -0.2) is 15.0 Å². The second-order valence-electron chi connectivity index (χ2n) is 9.48. The molecule has 7 heteroatoms. The highest BCUT2D eigenvalue weighted by Crippen LogP contribution is 2.42. The van der Waals surface area contributed by atoms with Crippen molar-refractivity contribution < 1.29 is 9.47 Å². The van der Waals surface area contributed by atoms with Gasteiger partial charge in [-0.05, 0) is 48.9 Å². The zero-order valence-corrected chi connectivity index (χ0v) is 22.7. The van der Waals surface area contributed by atoms with E-state index < -0.39 is 0 Å². The van der Waals surface area contributed by atoms with Crippen LogP contribution < -0.4 is 14.5 Å². The fourth-order valence-corrected chi connectivity index (χ4v) is 5.14. The van der Waals surface area contributed by atoms with Crippen LogP contribution >= 0.6 is 11.6 Å². The van der Waals surface area contributed by atoms with Crippen molar-refractivity contribution in [3.05, 3.63) is 113 Å². The predicted molar refractivity (Wildman–Crippen MR) is 157 cm³/mol. The highest BCUT2D eigenvalue weighted by Gasteiger charge is 2.34. The SMILES string of the molecule is COc1ccc(OC)c([C@@H]2CC(c3ccc(C)cc3)=NN2c2nc(-c3ccccc3)c3cc(Cl)ccc3n2)c1. The Morgan fingerprint density at radius 1 is 0.821 bits per heavy atom. The van der Waals surface area contributed by atoms with Crippen molar-refractivity contribution in [2.24, 2.45) is 5.10 Å². The molecule has 1 aromatic heterocycles. The molecule has 1 aliphatic heterocycles. The van der Waals surface area contributed by atoms with Crippen molar-refractivity contribution in [3.63, 3.8) is 0 Å². The lowest BCUT2D eigenvalue weighted by atomic mass is 9.97. The Kier molecular flexibility index (Phi) is 6.63. The zero-order chi connectivity index (χ0) is 26.9. The lowest BCUT2D eigenvalue weighted by molar-refractivity contribution is 0.395. The van der Waals surface area contributed by atoms with E-state index in [1.165, 1.54) is 5.56 Å². The number of hydrogen-bond donors (Lipinski definition) is 0. The van der Waals surface area contributed by atoms with Crippen molar-refractivity contribution in [2.45, 2.75) is 19.4 Å². The third-order valence-electron chi connectivity index (χ3n) is 6.99. The van der Waals surface area contributed by atoms with E-state index in [1.807, 2.05) is 71.7 Å². The van der Waals surface area contributed by atoms with Crippen LogP contribution in [0.5, 0.6) is 11.5 Å². The van der Waals surface area contributed by atoms with E-state index in [1.54, 1.807) is 14.2 Å². The molecule has 5 aromatic rings. The number of anilines is 1. The Balaban J connectivity index is 1.56. The molecule has 0 saturated heterocycles. The topological polar surface area (TPSA) is 59.8 Å². The second-order valence-corrected chi connectivity index (χ2v) is 9.92. The molecule has 2 heterocycles. The first-order valence-electron chi connectivity index (χ1n) is 12.7. The Morgan fingerprint density at radius 3 is 2.36 bits per heavy atom. The van der Waals surface area contributed by atoms with Gasteiger partial charge in [-0.1, -0.05) is 71.8 Å². The summed E-state index contributed by atoms with van der Waals surface area (Å²) in [5, 5.41) is 8.54. The number of aromatic nitrogens is 2. The van der Waals surface area contributed by atoms with Crippen LogP contribution in [-0.4, -0.2) is 29.9 Å². The number of fused-ring (bicyclic) bond motifs is 1. The molecule has 4 aromatic carbocycles. The normalized spacial score (nSPS) is 14.9. The van der Waals surface area contributed by atoms with Gasteiger partial charge in [0.1, 0.15) is 11.5 Å². The molecule has 0 saturated carbocycles. The molecule has 0 bridgehead atoms. The summed E-state index contributed by atoms with van der Waals surface area (Å²) in [6, 6.07) is 29.8. The largest absolute Gasteiger partial charge is 0.497 e. The lowest BCUT2D eigenvalue weighted by Gasteiger charge is -2.25. The molecule has 1 aliphatic rings. The van der Waals surface area contributed by atoms with Crippen LogP contribution in [0.3, 0.4) is 0 Å². The van der Waals surface area contributed by atoms with Gasteiger partial charge in [0.15, 0.2) is 0 Å². The molecule has 0 spiro atoms. The summed E-state index contributed by atoms with van der Waals surface area (Å²) in [5.41, 5.74) is 6.72. The minimum atomic E-state index is -0.209. The summed E-state index contributed by atoms with van der Waals surface area (Å²) in [7, 11) is 3.34. The van der Waals surface area contributed by atoms with E-state index in [9.17, 15) is 0 Å². The summed E-state index contributed by atoms with van der Waals surface area (Å²) in [4.78, 5) is 10.1. The van der Waals surface area contributed by atoms with Crippen LogP contribution in [0.1, 0.15) is 29.2 Å². The van der Waals surface area contributed by atoms with Crippen molar-refractivity contribution in [3.8, 4) is 22.8 Å². The number of methoxy groups -OCH3 is 2. The van der Waals surface area contributed by atoms with Crippen LogP contribution in [0.2, 0.25) is 5.02 Å². The Labute approximate surface area is 232 Å². The van der Waals surface area contributed by atoms with Gasteiger partial charge in [-0.15, -0.1) is 0 Å². The maximum absolute atomic E-state index is 6.39. The summed E-state index contributed by atoms with van der Waals surface area (Å²) in [5.74, 6) is 2.00. The van der Waals surface area contributed by atoms with Crippen LogP contribution in [0.4, 0.5) is 5.95 Å². The molecule has 194 valence electrons. The average Bonchev–Trinajstić information content (AvgIpc) is 3.42. The van der Waals surface area contributed by atoms with E-state index >= 15 is 0 Å². The number of aryl methyl sites for hydroxylation is 1. The molecule has 0 radical (unpaired) electrons. The second kappa shape index (κ2) is 10.4. The highest BCUT2D eigenvalue weighted by molar-refractivity contribution is 6.31. The molecule has 0 amide bonds. The molecular formula is C32H27ClN4O2. The monoisotopic (exact) mass is 534 g/mol. The van der Waals surface area contributed by atoms with Gasteiger partial charge in [0, 0.05) is 28.0 Å². The van der Waals surface area contributed by atoms with Gasteiger partial charge in [-0.3, -0.25) is 0 Å². The van der Waals surface area contributed by atoms with E-state index in [0.29, 0.717) is 17.4 Å². The number of hydrogen-bond acceptors (Lipinski definition) is 6. The van der Waals surface area contributed by atoms with E-state index in [4.69, 9.17) is 36.1 Å². The molecule has 6 nitrogen and oxygen atoms in total. The van der Waals surface area contributed by atoms with Crippen molar-refractivity contribution in [1.29, 1.82) is 0 Å². The molecule has 0 fully saturated rings. The number of ether oxygens (including phenoxy) is 2. The van der Waals surface area contributed by atoms with E-state index in [0.717, 1.165) is 50.5 Å². The lowest BCUT2D eigenvalue weighted by Crippen LogP contribution is -2.22. The molecule has 0 aliphatic carbocycles. The maximum Gasteiger partial charge on any atom is 0.247 e. The first-order valence-corrected chi connectivity index (χ1v) is 13.1. The van der Waals surface area contributed by atoms with Crippen molar-refractivity contribution in [2.75, 3.05) is 19.2 Å². The van der Waals surface area contributed by atoms with Crippen LogP contribution in [-0.2, 0) is 0 Å². The van der Waals surface area contributed by atoms with E-state index in [-0.39, 0.29) is 6.04 Å². The third-order valence-corrected chi connectivity index (χ3v) is 7.22. The molecule has 1 atom stereocenters. The number of benzene rings is 4. The number of nitrogens with zero attached hydrogens (tertiary/aromatic N) is 4. The third kappa shape index (κ3) is 4.79. The smallest absolute Gasteiger partial charge is 0.247 e. The van der Waals surface area contributed by atoms with Gasteiger partial charge in [0.2, 0.25) is 5.95 Å². The Hall–Kier alpha value is -4.42. The van der Waals surface area contributed by atoms with Gasteiger partial charge >= 0.3 is 0 Å². The summed E-state index contributed by atoms with van der Waals surface area (Å²) in [6.07, 6.45) is 0.648. The van der Waals surface area contributed by atoms with Gasteiger partial charge in [0.25, 0.3) is 0 Å². The minimum Gasteiger partial charge on any atom is -0.497 e. The summed E-state index contributed by atoms with van der Waals surface area (Å²) < 4.78 is 11.4. The molecule has 0 unspecified atom stereocenters. The predicted octanol–water partition coefficient (Wildman–Crippen LogP) is 7.63. The molecule has 6 rings (SSSR count). The molecule has 0 N–H and O–H groups in total. The quantitative estimate of drug-likeness (QED) is 0.224. The number of rotatable bonds is 6. The van der Waals surface area contributed by atoms with Crippen LogP contribution in [0, 0.1) is 6.92 Å². The van der Waals surface area contributed by atoms with Gasteiger partial charge in [-0.2, -0.15) is 5.10 Å². The zero-order valence-electron chi connectivity index (χ0n) is 21.9. The fourth-order valence-electron chi connectivity index (χ4n) is 4.96. The van der Waals surface area contributed by atoms with Crippen molar-refractivity contribution in [1.82, 2.24) is 9.97 Å². The summed E-state index contributed by atoms with van der Waals surface area (Å²) in [6.45, 7) is 2.08. The van der Waals surface area contributed by atoms with Crippen LogP contribution in [0.25, 0.3) is 22.2 Å². The van der Waals surface area contributed by atoms with E-state index in [2.05, 4.69) is 31.2 Å².